The number of aliphatic carboxylic acids is 1. The number of halogens is 1. The van der Waals surface area contributed by atoms with Crippen molar-refractivity contribution in [2.75, 3.05) is 12.3 Å². The van der Waals surface area contributed by atoms with Crippen molar-refractivity contribution in [1.82, 2.24) is 20.9 Å². The lowest BCUT2D eigenvalue weighted by molar-refractivity contribution is -0.689. The second-order valence-corrected chi connectivity index (χ2v) is 10.8. The van der Waals surface area contributed by atoms with E-state index in [0.717, 1.165) is 24.3 Å². The molecule has 0 aliphatic carbocycles. The molecule has 2 amide bonds. The minimum Gasteiger partial charge on any atom is -0.543 e. The topological polar surface area (TPSA) is 191 Å². The van der Waals surface area contributed by atoms with E-state index in [1.165, 1.54) is 28.0 Å². The SMILES string of the molecule is CCCCNC(=N)NC(=N)N.Cl.O=C(Cc1cccs1)N[C@@H]1C(=O)N2C(C(=O)[O-])=C(C[n+]3ccccc3)CS[C@H]12. The Labute approximate surface area is 246 Å². The van der Waals surface area contributed by atoms with Crippen LogP contribution in [0.25, 0.3) is 0 Å². The number of carboxylic acid groups (broad SMARTS) is 1. The van der Waals surface area contributed by atoms with Crippen LogP contribution >= 0.6 is 35.5 Å². The van der Waals surface area contributed by atoms with Crippen LogP contribution in [0.15, 0.2) is 59.4 Å². The maximum absolute atomic E-state index is 12.6. The molecular formula is C25H33ClN8O4S2. The van der Waals surface area contributed by atoms with Crippen molar-refractivity contribution in [2.45, 2.75) is 44.1 Å². The molecule has 0 unspecified atom stereocenters. The summed E-state index contributed by atoms with van der Waals surface area (Å²) in [5.74, 6) is -1.69. The summed E-state index contributed by atoms with van der Waals surface area (Å²) in [6.45, 7) is 3.18. The van der Waals surface area contributed by atoms with E-state index in [1.54, 1.807) is 0 Å². The highest BCUT2D eigenvalue weighted by Crippen LogP contribution is 2.40. The van der Waals surface area contributed by atoms with Crippen molar-refractivity contribution in [1.29, 1.82) is 10.8 Å². The van der Waals surface area contributed by atoms with Crippen molar-refractivity contribution in [2.24, 2.45) is 5.73 Å². The smallest absolute Gasteiger partial charge is 0.253 e. The van der Waals surface area contributed by atoms with Crippen LogP contribution in [0.1, 0.15) is 24.6 Å². The normalized spacial score (nSPS) is 17.2. The molecule has 2 aromatic heterocycles. The van der Waals surface area contributed by atoms with E-state index in [1.807, 2.05) is 52.7 Å². The quantitative estimate of drug-likeness (QED) is 0.0747. The maximum Gasteiger partial charge on any atom is 0.253 e. The van der Waals surface area contributed by atoms with Crippen LogP contribution in [0.4, 0.5) is 0 Å². The molecule has 2 aromatic rings. The predicted octanol–water partition coefficient (Wildman–Crippen LogP) is -0.102. The van der Waals surface area contributed by atoms with Crippen molar-refractivity contribution in [3.8, 4) is 0 Å². The number of thioether (sulfide) groups is 1. The molecule has 4 rings (SSSR count). The predicted molar refractivity (Wildman–Crippen MR) is 155 cm³/mol. The van der Waals surface area contributed by atoms with Gasteiger partial charge < -0.3 is 26.3 Å². The maximum atomic E-state index is 12.6. The molecule has 2 aliphatic rings. The number of hydrogen-bond donors (Lipinski definition) is 6. The van der Waals surface area contributed by atoms with E-state index in [9.17, 15) is 19.5 Å². The fourth-order valence-corrected chi connectivity index (χ4v) is 5.96. The Balaban J connectivity index is 0.000000400. The zero-order valence-electron chi connectivity index (χ0n) is 21.8. The average molecular weight is 609 g/mol. The zero-order chi connectivity index (χ0) is 28.4. The molecule has 4 heterocycles. The number of aromatic nitrogens is 1. The van der Waals surface area contributed by atoms with E-state index in [-0.39, 0.29) is 42.4 Å². The molecule has 2 aliphatic heterocycles. The number of fused-ring (bicyclic) bond motifs is 1. The standard InChI is InChI=1S/C19H17N3O4S2.C6H15N5.ClH/c23-14(9-13-5-4-8-27-13)20-15-17(24)22-16(19(25)26)12(11-28-18(15)22)10-21-6-2-1-3-7-21;1-2-3-4-10-6(9)11-5(7)8;/h1-8,15,18H,9-11H2,(H-,20,23,25,26);2-4H2,1H3,(H6,7,8,9,10,11);1H/t15-,18-;;/m1../s1. The molecule has 12 nitrogen and oxygen atoms in total. The fourth-order valence-electron chi connectivity index (χ4n) is 3.92. The van der Waals surface area contributed by atoms with Gasteiger partial charge >= 0.3 is 0 Å². The molecule has 0 saturated carbocycles. The summed E-state index contributed by atoms with van der Waals surface area (Å²) >= 11 is 2.93. The van der Waals surface area contributed by atoms with E-state index in [2.05, 4.69) is 22.9 Å². The number of amides is 2. The van der Waals surface area contributed by atoms with Crippen LogP contribution in [0.3, 0.4) is 0 Å². The Kier molecular flexibility index (Phi) is 12.9. The Hall–Kier alpha value is -3.62. The number of carbonyl (C=O) groups is 3. The third-order valence-electron chi connectivity index (χ3n) is 5.71. The van der Waals surface area contributed by atoms with Gasteiger partial charge in [0, 0.05) is 34.9 Å². The Morgan fingerprint density at radius 3 is 2.55 bits per heavy atom. The molecule has 15 heteroatoms. The van der Waals surface area contributed by atoms with Gasteiger partial charge in [-0.05, 0) is 17.9 Å². The average Bonchev–Trinajstić information content (AvgIpc) is 3.40. The molecule has 40 heavy (non-hydrogen) atoms. The minimum absolute atomic E-state index is 0. The van der Waals surface area contributed by atoms with Gasteiger partial charge in [0.05, 0.1) is 18.1 Å². The first-order valence-corrected chi connectivity index (χ1v) is 14.2. The number of nitrogens with two attached hydrogens (primary N) is 1. The summed E-state index contributed by atoms with van der Waals surface area (Å²) in [6, 6.07) is 8.59. The highest BCUT2D eigenvalue weighted by Gasteiger charge is 2.53. The molecule has 0 aromatic carbocycles. The number of guanidine groups is 2. The largest absolute Gasteiger partial charge is 0.543 e. The van der Waals surface area contributed by atoms with E-state index in [0.29, 0.717) is 17.9 Å². The highest BCUT2D eigenvalue weighted by molar-refractivity contribution is 8.00. The summed E-state index contributed by atoms with van der Waals surface area (Å²) < 4.78 is 1.85. The van der Waals surface area contributed by atoms with E-state index < -0.39 is 23.3 Å². The van der Waals surface area contributed by atoms with Crippen LogP contribution in [-0.2, 0) is 27.3 Å². The first kappa shape index (κ1) is 32.6. The van der Waals surface area contributed by atoms with Crippen molar-refractivity contribution in [3.63, 3.8) is 0 Å². The molecule has 1 fully saturated rings. The van der Waals surface area contributed by atoms with Gasteiger partial charge in [-0.1, -0.05) is 25.5 Å². The van der Waals surface area contributed by atoms with Crippen molar-refractivity contribution < 1.29 is 24.1 Å². The van der Waals surface area contributed by atoms with Gasteiger partial charge in [-0.3, -0.25) is 30.6 Å². The van der Waals surface area contributed by atoms with Crippen LogP contribution in [-0.4, -0.2) is 58.3 Å². The number of hydrogen-bond acceptors (Lipinski definition) is 8. The van der Waals surface area contributed by atoms with Gasteiger partial charge in [0.25, 0.3) is 5.91 Å². The Morgan fingerprint density at radius 2 is 1.95 bits per heavy atom. The van der Waals surface area contributed by atoms with Gasteiger partial charge in [-0.15, -0.1) is 35.5 Å². The lowest BCUT2D eigenvalue weighted by Crippen LogP contribution is -2.71. The second-order valence-electron chi connectivity index (χ2n) is 8.69. The first-order chi connectivity index (χ1) is 18.7. The van der Waals surface area contributed by atoms with Crippen LogP contribution in [0.5, 0.6) is 0 Å². The minimum atomic E-state index is -1.37. The molecular weight excluding hydrogens is 576 g/mol. The molecule has 0 bridgehead atoms. The Morgan fingerprint density at radius 1 is 1.23 bits per heavy atom. The number of nitrogens with zero attached hydrogens (tertiary/aromatic N) is 2. The van der Waals surface area contributed by atoms with Gasteiger partial charge in [0.2, 0.25) is 5.91 Å². The summed E-state index contributed by atoms with van der Waals surface area (Å²) in [5, 5.41) is 35.0. The van der Waals surface area contributed by atoms with Crippen LogP contribution < -0.4 is 31.4 Å². The third kappa shape index (κ3) is 8.96. The number of pyridine rings is 1. The van der Waals surface area contributed by atoms with Crippen LogP contribution in [0, 0.1) is 10.8 Å². The lowest BCUT2D eigenvalue weighted by Gasteiger charge is -2.50. The summed E-state index contributed by atoms with van der Waals surface area (Å²) in [7, 11) is 0. The highest BCUT2D eigenvalue weighted by atomic mass is 35.5. The first-order valence-electron chi connectivity index (χ1n) is 12.3. The van der Waals surface area contributed by atoms with Gasteiger partial charge in [-0.2, -0.15) is 0 Å². The van der Waals surface area contributed by atoms with E-state index in [4.69, 9.17) is 16.6 Å². The molecule has 7 N–H and O–H groups in total. The summed E-state index contributed by atoms with van der Waals surface area (Å²) in [5.41, 5.74) is 5.53. The number of nitrogens with one attached hydrogen (secondary N) is 5. The van der Waals surface area contributed by atoms with Crippen LogP contribution in [0.2, 0.25) is 0 Å². The molecule has 216 valence electrons. The molecule has 2 atom stereocenters. The van der Waals surface area contributed by atoms with Gasteiger partial charge in [0.1, 0.15) is 11.4 Å². The second kappa shape index (κ2) is 15.8. The summed E-state index contributed by atoms with van der Waals surface area (Å²) in [4.78, 5) is 38.8. The number of carbonyl (C=O) groups excluding carboxylic acids is 3. The van der Waals surface area contributed by atoms with Gasteiger partial charge in [-0.25, -0.2) is 4.57 Å². The van der Waals surface area contributed by atoms with E-state index >= 15 is 0 Å². The number of unbranched alkanes of at least 4 members (excludes halogenated alkanes) is 1. The monoisotopic (exact) mass is 608 g/mol. The number of carboxylic acids is 1. The van der Waals surface area contributed by atoms with Crippen molar-refractivity contribution in [3.05, 3.63) is 64.3 Å². The zero-order valence-corrected chi connectivity index (χ0v) is 24.3. The Bertz CT molecular complexity index is 1230. The van der Waals surface area contributed by atoms with Crippen molar-refractivity contribution >= 4 is 65.2 Å². The molecule has 0 radical (unpaired) electrons. The fraction of sp³-hybridized carbons (Fsp3) is 0.360. The lowest BCUT2D eigenvalue weighted by atomic mass is 10.0. The number of thiophene rings is 1. The number of β-lactam (4-membered cyclic amide) rings is 1. The van der Waals surface area contributed by atoms with Gasteiger partial charge in [0.15, 0.2) is 30.9 Å². The molecule has 0 spiro atoms. The third-order valence-corrected chi connectivity index (χ3v) is 7.93. The molecule has 1 saturated heterocycles. The summed E-state index contributed by atoms with van der Waals surface area (Å²) in [6.07, 6.45) is 5.98. The number of rotatable bonds is 9.